The van der Waals surface area contributed by atoms with Gasteiger partial charge in [-0.15, -0.1) is 0 Å². The largest absolute Gasteiger partial charge is 0.385 e. The zero-order valence-corrected chi connectivity index (χ0v) is 13.1. The van der Waals surface area contributed by atoms with Gasteiger partial charge in [0, 0.05) is 48.7 Å². The van der Waals surface area contributed by atoms with Gasteiger partial charge in [0.15, 0.2) is 0 Å². The van der Waals surface area contributed by atoms with E-state index in [0.717, 1.165) is 37.0 Å². The topological polar surface area (TPSA) is 92.1 Å². The molecule has 7 nitrogen and oxygen atoms in total. The molecule has 0 amide bonds. The third-order valence-corrected chi connectivity index (χ3v) is 4.46. The Morgan fingerprint density at radius 3 is 3.00 bits per heavy atom. The average molecular weight is 315 g/mol. The number of anilines is 1. The van der Waals surface area contributed by atoms with E-state index in [-0.39, 0.29) is 10.6 Å². The molecule has 0 radical (unpaired) electrons. The van der Waals surface area contributed by atoms with Crippen molar-refractivity contribution in [1.29, 1.82) is 0 Å². The van der Waals surface area contributed by atoms with E-state index < -0.39 is 0 Å². The first-order valence-electron chi connectivity index (χ1n) is 7.90. The van der Waals surface area contributed by atoms with Crippen molar-refractivity contribution >= 4 is 22.1 Å². The van der Waals surface area contributed by atoms with Crippen molar-refractivity contribution in [3.05, 3.63) is 40.7 Å². The molecule has 122 valence electrons. The highest BCUT2D eigenvalue weighted by molar-refractivity contribution is 5.99. The first kappa shape index (κ1) is 15.6. The second kappa shape index (κ2) is 6.89. The summed E-state index contributed by atoms with van der Waals surface area (Å²) in [6, 6.07) is 5.64. The van der Waals surface area contributed by atoms with Crippen LogP contribution in [0.5, 0.6) is 0 Å². The Balaban J connectivity index is 1.66. The highest BCUT2D eigenvalue weighted by atomic mass is 16.6. The molecule has 0 saturated carbocycles. The number of pyridine rings is 1. The fraction of sp³-hybridized carbons (Fsp3) is 0.438. The second-order valence-electron chi connectivity index (χ2n) is 5.95. The molecule has 1 aromatic carbocycles. The van der Waals surface area contributed by atoms with Crippen LogP contribution in [0.2, 0.25) is 0 Å². The summed E-state index contributed by atoms with van der Waals surface area (Å²) >= 11 is 0. The van der Waals surface area contributed by atoms with E-state index in [2.05, 4.69) is 28.1 Å². The van der Waals surface area contributed by atoms with Crippen LogP contribution < -0.4 is 16.2 Å². The Bertz CT molecular complexity index is 706. The molecule has 3 rings (SSSR count). The Hall–Kier alpha value is -2.25. The summed E-state index contributed by atoms with van der Waals surface area (Å²) in [6.07, 6.45) is 5.41. The predicted molar refractivity (Wildman–Crippen MR) is 90.2 cm³/mol. The average Bonchev–Trinajstić information content (AvgIpc) is 2.96. The van der Waals surface area contributed by atoms with Crippen LogP contribution in [-0.4, -0.2) is 29.0 Å². The van der Waals surface area contributed by atoms with Crippen molar-refractivity contribution in [2.24, 2.45) is 5.92 Å². The Morgan fingerprint density at radius 2 is 2.26 bits per heavy atom. The van der Waals surface area contributed by atoms with Gasteiger partial charge in [-0.05, 0) is 37.8 Å². The Labute approximate surface area is 134 Å². The summed E-state index contributed by atoms with van der Waals surface area (Å²) in [7, 11) is 0. The molecule has 23 heavy (non-hydrogen) atoms. The van der Waals surface area contributed by atoms with E-state index in [9.17, 15) is 10.1 Å². The molecule has 2 atom stereocenters. The number of benzene rings is 1. The predicted octanol–water partition coefficient (Wildman–Crippen LogP) is 2.45. The normalized spacial score (nSPS) is 20.7. The lowest BCUT2D eigenvalue weighted by Crippen LogP contribution is -2.28. The number of rotatable bonds is 6. The van der Waals surface area contributed by atoms with Crippen LogP contribution in [0.25, 0.3) is 10.8 Å². The monoisotopic (exact) mass is 315 g/mol. The minimum absolute atomic E-state index is 0.0931. The molecule has 7 heteroatoms. The fourth-order valence-electron chi connectivity index (χ4n) is 3.07. The van der Waals surface area contributed by atoms with Crippen molar-refractivity contribution in [3.63, 3.8) is 0 Å². The third-order valence-electron chi connectivity index (χ3n) is 4.46. The van der Waals surface area contributed by atoms with Crippen LogP contribution in [0.1, 0.15) is 19.8 Å². The molecular formula is C16H21N5O2. The molecule has 2 heterocycles. The zero-order valence-electron chi connectivity index (χ0n) is 13.1. The summed E-state index contributed by atoms with van der Waals surface area (Å²) in [5, 5.41) is 15.9. The molecule has 2 unspecified atom stereocenters. The number of nitro groups is 1. The maximum Gasteiger partial charge on any atom is 0.278 e. The summed E-state index contributed by atoms with van der Waals surface area (Å²) in [5.41, 5.74) is 7.42. The van der Waals surface area contributed by atoms with Gasteiger partial charge >= 0.3 is 0 Å². The summed E-state index contributed by atoms with van der Waals surface area (Å²) in [4.78, 5) is 14.8. The first-order chi connectivity index (χ1) is 11.2. The van der Waals surface area contributed by atoms with Crippen LogP contribution in [0.4, 0.5) is 11.4 Å². The van der Waals surface area contributed by atoms with Crippen molar-refractivity contribution in [1.82, 2.24) is 15.8 Å². The number of aromatic nitrogens is 1. The minimum atomic E-state index is -0.366. The fourth-order valence-corrected chi connectivity index (χ4v) is 3.07. The molecule has 1 fully saturated rings. The maximum atomic E-state index is 11.1. The van der Waals surface area contributed by atoms with Gasteiger partial charge in [0.25, 0.3) is 5.69 Å². The number of non-ortho nitro benzene ring substituents is 1. The SMILES string of the molecule is CC1NNCC1CCCNc1ccc([N+](=O)[O-])c2cnccc12. The lowest BCUT2D eigenvalue weighted by molar-refractivity contribution is -0.383. The molecule has 1 saturated heterocycles. The van der Waals surface area contributed by atoms with E-state index in [1.54, 1.807) is 24.5 Å². The van der Waals surface area contributed by atoms with Crippen LogP contribution in [0, 0.1) is 16.0 Å². The smallest absolute Gasteiger partial charge is 0.278 e. The standard InChI is InChI=1S/C16H21N5O2/c1-11-12(9-19-20-11)3-2-7-18-15-4-5-16(21(22)23)14-10-17-8-6-13(14)15/h4-6,8,10-12,18-20H,2-3,7,9H2,1H3. The van der Waals surface area contributed by atoms with E-state index in [1.807, 2.05) is 6.07 Å². The molecule has 2 aromatic rings. The molecule has 1 aliphatic rings. The van der Waals surface area contributed by atoms with Gasteiger partial charge in [-0.2, -0.15) is 0 Å². The van der Waals surface area contributed by atoms with Crippen molar-refractivity contribution < 1.29 is 4.92 Å². The van der Waals surface area contributed by atoms with Crippen molar-refractivity contribution in [2.75, 3.05) is 18.4 Å². The van der Waals surface area contributed by atoms with E-state index in [0.29, 0.717) is 17.3 Å². The van der Waals surface area contributed by atoms with Gasteiger partial charge in [-0.3, -0.25) is 25.9 Å². The molecule has 0 bridgehead atoms. The van der Waals surface area contributed by atoms with Gasteiger partial charge in [0.1, 0.15) is 0 Å². The summed E-state index contributed by atoms with van der Waals surface area (Å²) < 4.78 is 0. The van der Waals surface area contributed by atoms with Gasteiger partial charge in [0.05, 0.1) is 10.3 Å². The first-order valence-corrected chi connectivity index (χ1v) is 7.90. The van der Waals surface area contributed by atoms with Crippen molar-refractivity contribution in [3.8, 4) is 0 Å². The number of fused-ring (bicyclic) bond motifs is 1. The minimum Gasteiger partial charge on any atom is -0.385 e. The third kappa shape index (κ3) is 3.40. The molecule has 1 aromatic heterocycles. The Morgan fingerprint density at radius 1 is 1.39 bits per heavy atom. The van der Waals surface area contributed by atoms with Gasteiger partial charge in [-0.1, -0.05) is 0 Å². The van der Waals surface area contributed by atoms with Crippen LogP contribution >= 0.6 is 0 Å². The molecule has 0 aliphatic carbocycles. The lowest BCUT2D eigenvalue weighted by atomic mass is 9.98. The number of hydrazine groups is 1. The highest BCUT2D eigenvalue weighted by Gasteiger charge is 2.21. The van der Waals surface area contributed by atoms with E-state index in [4.69, 9.17) is 0 Å². The number of nitrogens with zero attached hydrogens (tertiary/aromatic N) is 2. The van der Waals surface area contributed by atoms with E-state index in [1.165, 1.54) is 0 Å². The molecule has 3 N–H and O–H groups in total. The molecular weight excluding hydrogens is 294 g/mol. The highest BCUT2D eigenvalue weighted by Crippen LogP contribution is 2.30. The van der Waals surface area contributed by atoms with Crippen LogP contribution in [0.3, 0.4) is 0 Å². The molecule has 1 aliphatic heterocycles. The zero-order chi connectivity index (χ0) is 16.2. The number of hydrogen-bond acceptors (Lipinski definition) is 6. The number of hydrogen-bond donors (Lipinski definition) is 3. The second-order valence-corrected chi connectivity index (χ2v) is 5.95. The summed E-state index contributed by atoms with van der Waals surface area (Å²) in [6.45, 7) is 4.04. The number of nitrogens with one attached hydrogen (secondary N) is 3. The molecule has 0 spiro atoms. The lowest BCUT2D eigenvalue weighted by Gasteiger charge is -2.14. The quantitative estimate of drug-likeness (QED) is 0.431. The van der Waals surface area contributed by atoms with Gasteiger partial charge in [-0.25, -0.2) is 0 Å². The summed E-state index contributed by atoms with van der Waals surface area (Å²) in [5.74, 6) is 0.648. The van der Waals surface area contributed by atoms with Gasteiger partial charge < -0.3 is 5.32 Å². The number of nitro benzene ring substituents is 1. The van der Waals surface area contributed by atoms with Crippen molar-refractivity contribution in [2.45, 2.75) is 25.8 Å². The maximum absolute atomic E-state index is 11.1. The Kier molecular flexibility index (Phi) is 4.68. The van der Waals surface area contributed by atoms with Crippen LogP contribution in [0.15, 0.2) is 30.6 Å². The van der Waals surface area contributed by atoms with Crippen LogP contribution in [-0.2, 0) is 0 Å². The van der Waals surface area contributed by atoms with E-state index >= 15 is 0 Å². The van der Waals surface area contributed by atoms with Gasteiger partial charge in [0.2, 0.25) is 0 Å².